The number of nitrogens with two attached hydrogens (primary N) is 1. The molecule has 2 N–H and O–H groups in total. The van der Waals surface area contributed by atoms with Crippen molar-refractivity contribution in [2.75, 3.05) is 5.73 Å². The Labute approximate surface area is 95.7 Å². The third-order valence-electron chi connectivity index (χ3n) is 1.81. The van der Waals surface area contributed by atoms with Crippen molar-refractivity contribution in [2.45, 2.75) is 13.1 Å². The van der Waals surface area contributed by atoms with E-state index in [9.17, 15) is 13.2 Å². The lowest BCUT2D eigenvalue weighted by Gasteiger charge is -2.15. The van der Waals surface area contributed by atoms with E-state index in [1.54, 1.807) is 0 Å². The van der Waals surface area contributed by atoms with Crippen LogP contribution in [-0.4, -0.2) is 0 Å². The largest absolute Gasteiger partial charge is 0.417 e. The van der Waals surface area contributed by atoms with Gasteiger partial charge in [-0.05, 0) is 34.5 Å². The molecule has 0 aliphatic carbocycles. The Hall–Kier alpha value is -0.230. The molecule has 6 heteroatoms. The van der Waals surface area contributed by atoms with E-state index in [4.69, 9.17) is 5.73 Å². The molecule has 0 aliphatic rings. The number of alkyl halides is 3. The average molecular weight is 333 g/mol. The molecule has 0 heterocycles. The fourth-order valence-corrected chi connectivity index (χ4v) is 2.69. The van der Waals surface area contributed by atoms with E-state index < -0.39 is 11.7 Å². The minimum Gasteiger partial charge on any atom is -0.398 e. The summed E-state index contributed by atoms with van der Waals surface area (Å²) >= 11 is 5.94. The summed E-state index contributed by atoms with van der Waals surface area (Å²) < 4.78 is 38.0. The second-order valence-electron chi connectivity index (χ2n) is 2.75. The molecular formula is C8H6Br2F3N. The maximum absolute atomic E-state index is 12.5. The van der Waals surface area contributed by atoms with Gasteiger partial charge in [-0.1, -0.05) is 15.9 Å². The van der Waals surface area contributed by atoms with E-state index in [1.807, 2.05) is 0 Å². The van der Waals surface area contributed by atoms with Gasteiger partial charge in [0.25, 0.3) is 0 Å². The van der Waals surface area contributed by atoms with Gasteiger partial charge in [0.2, 0.25) is 0 Å². The molecule has 14 heavy (non-hydrogen) atoms. The number of anilines is 1. The molecule has 0 saturated heterocycles. The zero-order chi connectivity index (χ0) is 11.1. The number of halogens is 5. The van der Waals surface area contributed by atoms with Gasteiger partial charge in [0, 0.05) is 14.6 Å². The van der Waals surface area contributed by atoms with Crippen LogP contribution in [0.3, 0.4) is 0 Å². The van der Waals surface area contributed by atoms with Gasteiger partial charge in [0.15, 0.2) is 0 Å². The normalized spacial score (nSPS) is 11.9. The number of hydrogen-bond acceptors (Lipinski definition) is 1. The van der Waals surface area contributed by atoms with E-state index in [2.05, 4.69) is 31.9 Å². The maximum Gasteiger partial charge on any atom is 0.417 e. The highest BCUT2D eigenvalue weighted by Gasteiger charge is 2.35. The molecular weight excluding hydrogens is 327 g/mol. The first-order chi connectivity index (χ1) is 6.25. The Morgan fingerprint density at radius 1 is 1.21 bits per heavy atom. The average Bonchev–Trinajstić information content (AvgIpc) is 1.97. The van der Waals surface area contributed by atoms with Crippen molar-refractivity contribution in [3.8, 4) is 0 Å². The van der Waals surface area contributed by atoms with E-state index in [-0.39, 0.29) is 15.7 Å². The highest BCUT2D eigenvalue weighted by atomic mass is 79.9. The molecule has 0 bridgehead atoms. The predicted octanol–water partition coefficient (Wildman–Crippen LogP) is 4.12. The lowest BCUT2D eigenvalue weighted by molar-refractivity contribution is -0.138. The minimum absolute atomic E-state index is 0.0106. The Balaban J connectivity index is 3.53. The highest BCUT2D eigenvalue weighted by Crippen LogP contribution is 2.41. The number of rotatable bonds is 0. The van der Waals surface area contributed by atoms with Crippen LogP contribution in [0.15, 0.2) is 15.0 Å². The van der Waals surface area contributed by atoms with Crippen molar-refractivity contribution in [1.29, 1.82) is 0 Å². The Kier molecular flexibility index (Phi) is 3.16. The van der Waals surface area contributed by atoms with Crippen LogP contribution in [-0.2, 0) is 6.18 Å². The fourth-order valence-electron chi connectivity index (χ4n) is 1.10. The summed E-state index contributed by atoms with van der Waals surface area (Å²) in [7, 11) is 0. The summed E-state index contributed by atoms with van der Waals surface area (Å²) in [5.41, 5.74) is 4.89. The zero-order valence-corrected chi connectivity index (χ0v) is 10.2. The first kappa shape index (κ1) is 11.8. The molecule has 78 valence electrons. The van der Waals surface area contributed by atoms with Crippen molar-refractivity contribution in [3.63, 3.8) is 0 Å². The Morgan fingerprint density at radius 2 is 1.71 bits per heavy atom. The van der Waals surface area contributed by atoms with E-state index in [0.717, 1.165) is 0 Å². The van der Waals surface area contributed by atoms with Crippen molar-refractivity contribution in [2.24, 2.45) is 0 Å². The van der Waals surface area contributed by atoms with Crippen LogP contribution >= 0.6 is 31.9 Å². The number of nitrogen functional groups attached to an aromatic ring is 1. The topological polar surface area (TPSA) is 26.0 Å². The van der Waals surface area contributed by atoms with Gasteiger partial charge in [-0.15, -0.1) is 0 Å². The lowest BCUT2D eigenvalue weighted by Crippen LogP contribution is -2.10. The van der Waals surface area contributed by atoms with Crippen molar-refractivity contribution >= 4 is 37.5 Å². The SMILES string of the molecule is Cc1c(N)c(Br)cc(Br)c1C(F)(F)F. The van der Waals surface area contributed by atoms with Crippen LogP contribution in [0.1, 0.15) is 11.1 Å². The first-order valence-corrected chi connectivity index (χ1v) is 5.15. The summed E-state index contributed by atoms with van der Waals surface area (Å²) in [4.78, 5) is 0. The van der Waals surface area contributed by atoms with Crippen molar-refractivity contribution < 1.29 is 13.2 Å². The molecule has 0 saturated carbocycles. The molecule has 0 unspecified atom stereocenters. The van der Waals surface area contributed by atoms with Crippen LogP contribution in [0, 0.1) is 6.92 Å². The van der Waals surface area contributed by atoms with Gasteiger partial charge < -0.3 is 5.73 Å². The highest BCUT2D eigenvalue weighted by molar-refractivity contribution is 9.11. The molecule has 0 amide bonds. The maximum atomic E-state index is 12.5. The quantitative estimate of drug-likeness (QED) is 0.710. The summed E-state index contributed by atoms with van der Waals surface area (Å²) in [6.07, 6.45) is -4.39. The van der Waals surface area contributed by atoms with Gasteiger partial charge in [-0.2, -0.15) is 13.2 Å². The summed E-state index contributed by atoms with van der Waals surface area (Å²) in [6.45, 7) is 1.34. The van der Waals surface area contributed by atoms with E-state index in [0.29, 0.717) is 4.47 Å². The van der Waals surface area contributed by atoms with Gasteiger partial charge in [-0.3, -0.25) is 0 Å². The summed E-state index contributed by atoms with van der Waals surface area (Å²) in [5, 5.41) is 0. The minimum atomic E-state index is -4.39. The molecule has 0 radical (unpaired) electrons. The van der Waals surface area contributed by atoms with Gasteiger partial charge in [-0.25, -0.2) is 0 Å². The lowest BCUT2D eigenvalue weighted by atomic mass is 10.1. The molecule has 0 fully saturated rings. The third-order valence-corrected chi connectivity index (χ3v) is 3.09. The third kappa shape index (κ3) is 2.06. The van der Waals surface area contributed by atoms with Crippen molar-refractivity contribution in [1.82, 2.24) is 0 Å². The second kappa shape index (κ2) is 3.73. The van der Waals surface area contributed by atoms with Crippen LogP contribution in [0.2, 0.25) is 0 Å². The Bertz CT molecular complexity index is 374. The first-order valence-electron chi connectivity index (χ1n) is 3.56. The number of hydrogen-bond donors (Lipinski definition) is 1. The molecule has 1 nitrogen and oxygen atoms in total. The monoisotopic (exact) mass is 331 g/mol. The van der Waals surface area contributed by atoms with E-state index >= 15 is 0 Å². The van der Waals surface area contributed by atoms with E-state index in [1.165, 1.54) is 13.0 Å². The molecule has 0 aromatic heterocycles. The van der Waals surface area contributed by atoms with Crippen LogP contribution in [0.4, 0.5) is 18.9 Å². The Morgan fingerprint density at radius 3 is 2.14 bits per heavy atom. The number of benzene rings is 1. The molecule has 0 spiro atoms. The fraction of sp³-hybridized carbons (Fsp3) is 0.250. The second-order valence-corrected chi connectivity index (χ2v) is 4.46. The summed E-state index contributed by atoms with van der Waals surface area (Å²) in [5.74, 6) is 0. The van der Waals surface area contributed by atoms with Gasteiger partial charge in [0.1, 0.15) is 0 Å². The van der Waals surface area contributed by atoms with Gasteiger partial charge in [0.05, 0.1) is 5.56 Å². The standard InChI is InChI=1S/C8H6Br2F3N/c1-3-6(8(11,12)13)4(9)2-5(10)7(3)14/h2H,14H2,1H3. The predicted molar refractivity (Wildman–Crippen MR) is 56.0 cm³/mol. The molecule has 1 aromatic carbocycles. The molecule has 1 aromatic rings. The summed E-state index contributed by atoms with van der Waals surface area (Å²) in [6, 6.07) is 1.30. The van der Waals surface area contributed by atoms with Crippen LogP contribution < -0.4 is 5.73 Å². The van der Waals surface area contributed by atoms with Gasteiger partial charge >= 0.3 is 6.18 Å². The van der Waals surface area contributed by atoms with Crippen molar-refractivity contribution in [3.05, 3.63) is 26.1 Å². The van der Waals surface area contributed by atoms with Crippen LogP contribution in [0.25, 0.3) is 0 Å². The zero-order valence-electron chi connectivity index (χ0n) is 7.04. The van der Waals surface area contributed by atoms with Crippen LogP contribution in [0.5, 0.6) is 0 Å². The molecule has 1 rings (SSSR count). The molecule has 0 atom stereocenters. The molecule has 0 aliphatic heterocycles. The smallest absolute Gasteiger partial charge is 0.398 e.